The van der Waals surface area contributed by atoms with E-state index in [4.69, 9.17) is 23.7 Å². The van der Waals surface area contributed by atoms with Gasteiger partial charge >= 0.3 is 0 Å². The van der Waals surface area contributed by atoms with Crippen molar-refractivity contribution in [2.75, 3.05) is 6.61 Å². The minimum Gasteiger partial charge on any atom is -0.374 e. The molecule has 0 unspecified atom stereocenters. The fourth-order valence-corrected chi connectivity index (χ4v) is 4.51. The molecule has 3 aromatic carbocycles. The van der Waals surface area contributed by atoms with Crippen LogP contribution >= 0.6 is 0 Å². The molecule has 1 fully saturated rings. The van der Waals surface area contributed by atoms with E-state index in [-0.39, 0.29) is 29.8 Å². The number of rotatable bonds is 11. The molecule has 0 aromatic heterocycles. The first-order valence-electron chi connectivity index (χ1n) is 13.1. The molecule has 37 heavy (non-hydrogen) atoms. The lowest BCUT2D eigenvalue weighted by atomic mass is 9.91. The van der Waals surface area contributed by atoms with E-state index in [9.17, 15) is 0 Å². The lowest BCUT2D eigenvalue weighted by Crippen LogP contribution is -2.58. The molecule has 5 nitrogen and oxygen atoms in total. The Hall–Kier alpha value is -2.54. The maximum atomic E-state index is 6.58. The number of benzene rings is 3. The van der Waals surface area contributed by atoms with Gasteiger partial charge in [-0.25, -0.2) is 0 Å². The topological polar surface area (TPSA) is 46.2 Å². The average Bonchev–Trinajstić information content (AvgIpc) is 2.90. The van der Waals surface area contributed by atoms with E-state index in [1.165, 1.54) is 0 Å². The Kier molecular flexibility index (Phi) is 9.89. The normalized spacial score (nSPS) is 24.2. The van der Waals surface area contributed by atoms with Gasteiger partial charge in [0.15, 0.2) is 6.29 Å². The van der Waals surface area contributed by atoms with Crippen LogP contribution in [0.15, 0.2) is 91.0 Å². The number of hydrogen-bond donors (Lipinski definition) is 0. The molecular weight excluding hydrogens is 464 g/mol. The zero-order chi connectivity index (χ0) is 26.1. The van der Waals surface area contributed by atoms with Crippen molar-refractivity contribution >= 4 is 0 Å². The monoisotopic (exact) mass is 504 g/mol. The summed E-state index contributed by atoms with van der Waals surface area (Å²) in [5.41, 5.74) is 2.98. The molecular formula is C32H40O5. The van der Waals surface area contributed by atoms with Crippen molar-refractivity contribution in [3.8, 4) is 0 Å². The maximum absolute atomic E-state index is 6.58. The molecule has 0 saturated carbocycles. The van der Waals surface area contributed by atoms with Gasteiger partial charge < -0.3 is 23.7 Å². The van der Waals surface area contributed by atoms with Crippen molar-refractivity contribution in [1.29, 1.82) is 0 Å². The Bertz CT molecular complexity index is 1040. The van der Waals surface area contributed by atoms with Crippen molar-refractivity contribution in [3.63, 3.8) is 0 Å². The summed E-state index contributed by atoms with van der Waals surface area (Å²) in [6, 6.07) is 30.6. The van der Waals surface area contributed by atoms with Crippen molar-refractivity contribution in [2.24, 2.45) is 5.92 Å². The van der Waals surface area contributed by atoms with Crippen LogP contribution in [0.2, 0.25) is 0 Å². The Balaban J connectivity index is 1.54. The third kappa shape index (κ3) is 8.49. The van der Waals surface area contributed by atoms with Gasteiger partial charge in [0.25, 0.3) is 0 Å². The molecule has 0 radical (unpaired) electrons. The molecule has 5 atom stereocenters. The predicted molar refractivity (Wildman–Crippen MR) is 145 cm³/mol. The van der Waals surface area contributed by atoms with Crippen molar-refractivity contribution in [1.82, 2.24) is 0 Å². The highest BCUT2D eigenvalue weighted by Crippen LogP contribution is 2.34. The average molecular weight is 505 g/mol. The number of hydrogen-bond acceptors (Lipinski definition) is 5. The quantitative estimate of drug-likeness (QED) is 0.296. The van der Waals surface area contributed by atoms with Crippen LogP contribution in [0.3, 0.4) is 0 Å². The smallest absolute Gasteiger partial charge is 0.164 e. The van der Waals surface area contributed by atoms with E-state index in [0.717, 1.165) is 16.7 Å². The van der Waals surface area contributed by atoms with Crippen LogP contribution in [0.1, 0.15) is 44.4 Å². The van der Waals surface area contributed by atoms with Gasteiger partial charge in [-0.3, -0.25) is 0 Å². The van der Waals surface area contributed by atoms with E-state index in [2.05, 4.69) is 43.3 Å². The molecule has 0 bridgehead atoms. The van der Waals surface area contributed by atoms with Gasteiger partial charge in [-0.2, -0.15) is 0 Å². The lowest BCUT2D eigenvalue weighted by molar-refractivity contribution is -0.320. The van der Waals surface area contributed by atoms with Crippen molar-refractivity contribution in [3.05, 3.63) is 108 Å². The second-order valence-electron chi connectivity index (χ2n) is 10.7. The van der Waals surface area contributed by atoms with Gasteiger partial charge in [-0.05, 0) is 37.5 Å². The summed E-state index contributed by atoms with van der Waals surface area (Å²) in [5, 5.41) is 0. The van der Waals surface area contributed by atoms with Crippen molar-refractivity contribution < 1.29 is 23.7 Å². The van der Waals surface area contributed by atoms with Crippen molar-refractivity contribution in [2.45, 2.75) is 77.7 Å². The SMILES string of the molecule is C[C@@H]1[C@@H](OC(C)(C)C)O[C@H](COCc2ccccc2)[C@@H](OCc2ccccc2)[C@@H]1OCc1ccccc1. The summed E-state index contributed by atoms with van der Waals surface area (Å²) < 4.78 is 32.2. The summed E-state index contributed by atoms with van der Waals surface area (Å²) in [6.07, 6.45) is -1.36. The molecule has 1 saturated heterocycles. The fraction of sp³-hybridized carbons (Fsp3) is 0.438. The molecule has 4 rings (SSSR count). The molecule has 0 N–H and O–H groups in total. The zero-order valence-corrected chi connectivity index (χ0v) is 22.4. The maximum Gasteiger partial charge on any atom is 0.164 e. The third-order valence-corrected chi connectivity index (χ3v) is 6.38. The van der Waals surface area contributed by atoms with E-state index >= 15 is 0 Å². The molecule has 1 aliphatic rings. The second-order valence-corrected chi connectivity index (χ2v) is 10.7. The summed E-state index contributed by atoms with van der Waals surface area (Å²) in [6.45, 7) is 10.1. The minimum absolute atomic E-state index is 0.0471. The van der Waals surface area contributed by atoms with Crippen LogP contribution < -0.4 is 0 Å². The minimum atomic E-state index is -0.442. The van der Waals surface area contributed by atoms with Gasteiger partial charge in [0.2, 0.25) is 0 Å². The molecule has 1 heterocycles. The summed E-state index contributed by atoms with van der Waals surface area (Å²) in [7, 11) is 0. The highest BCUT2D eigenvalue weighted by Gasteiger charge is 2.47. The Labute approximate surface area is 221 Å². The standard InChI is InChI=1S/C32H40O5/c1-24-29(34-21-26-16-10-6-11-17-26)30(35-22-27-18-12-7-13-19-27)28(36-31(24)37-32(2,3)4)23-33-20-25-14-8-5-9-15-25/h5-19,24,28-31H,20-23H2,1-4H3/t24-,28+,29+,30+,31+/m0/s1. The predicted octanol–water partition coefficient (Wildman–Crippen LogP) is 6.55. The number of ether oxygens (including phenoxy) is 5. The zero-order valence-electron chi connectivity index (χ0n) is 22.4. The molecule has 0 aliphatic carbocycles. The van der Waals surface area contributed by atoms with Gasteiger partial charge in [0, 0.05) is 5.92 Å². The van der Waals surface area contributed by atoms with Crippen LogP contribution in [0.4, 0.5) is 0 Å². The van der Waals surface area contributed by atoms with E-state index < -0.39 is 6.29 Å². The lowest BCUT2D eigenvalue weighted by Gasteiger charge is -2.46. The van der Waals surface area contributed by atoms with E-state index in [0.29, 0.717) is 26.4 Å². The molecule has 3 aromatic rings. The molecule has 1 aliphatic heterocycles. The van der Waals surface area contributed by atoms with Gasteiger partial charge in [0.1, 0.15) is 12.2 Å². The molecule has 0 amide bonds. The highest BCUT2D eigenvalue weighted by molar-refractivity contribution is 5.15. The Morgan fingerprint density at radius 2 is 1.11 bits per heavy atom. The van der Waals surface area contributed by atoms with Crippen LogP contribution in [0.25, 0.3) is 0 Å². The fourth-order valence-electron chi connectivity index (χ4n) is 4.51. The summed E-state index contributed by atoms with van der Waals surface area (Å²) in [5.74, 6) is -0.0471. The van der Waals surface area contributed by atoms with E-state index in [1.54, 1.807) is 0 Å². The van der Waals surface area contributed by atoms with Gasteiger partial charge in [0.05, 0.1) is 38.1 Å². The van der Waals surface area contributed by atoms with Crippen LogP contribution in [0, 0.1) is 5.92 Å². The Morgan fingerprint density at radius 1 is 0.649 bits per heavy atom. The first-order valence-corrected chi connectivity index (χ1v) is 13.1. The first-order chi connectivity index (χ1) is 17.9. The largest absolute Gasteiger partial charge is 0.374 e. The van der Waals surface area contributed by atoms with Gasteiger partial charge in [-0.15, -0.1) is 0 Å². The second kappa shape index (κ2) is 13.3. The van der Waals surface area contributed by atoms with Crippen LogP contribution in [0.5, 0.6) is 0 Å². The molecule has 5 heteroatoms. The Morgan fingerprint density at radius 3 is 1.59 bits per heavy atom. The highest BCUT2D eigenvalue weighted by atomic mass is 16.7. The van der Waals surface area contributed by atoms with E-state index in [1.807, 2.05) is 75.4 Å². The van der Waals surface area contributed by atoms with Crippen LogP contribution in [-0.2, 0) is 43.5 Å². The summed E-state index contributed by atoms with van der Waals surface area (Å²) >= 11 is 0. The third-order valence-electron chi connectivity index (χ3n) is 6.38. The molecule has 0 spiro atoms. The molecule has 198 valence electrons. The summed E-state index contributed by atoms with van der Waals surface area (Å²) in [4.78, 5) is 0. The van der Waals surface area contributed by atoms with Crippen LogP contribution in [-0.4, -0.2) is 36.8 Å². The van der Waals surface area contributed by atoms with Gasteiger partial charge in [-0.1, -0.05) is 97.9 Å². The first kappa shape index (κ1) is 27.5.